The van der Waals surface area contributed by atoms with Gasteiger partial charge in [-0.3, -0.25) is 0 Å². The lowest BCUT2D eigenvalue weighted by atomic mass is 9.89. The van der Waals surface area contributed by atoms with Crippen molar-refractivity contribution < 1.29 is 0 Å². The molecule has 0 saturated heterocycles. The standard InChI is InChI=1S/C17H21N3/c1-11-17(20-16-5-3-2-4-15(16)19-11)18-10-14-9-12-6-7-13(14)8-12/h2-5,12-14H,6-10H2,1H3,(H,18,20). The molecule has 0 spiro atoms. The second-order valence-corrected chi connectivity index (χ2v) is 6.46. The average molecular weight is 267 g/mol. The normalized spacial score (nSPS) is 28.1. The summed E-state index contributed by atoms with van der Waals surface area (Å²) in [7, 11) is 0. The molecule has 1 heterocycles. The number of para-hydroxylation sites is 2. The molecule has 1 aromatic heterocycles. The highest BCUT2D eigenvalue weighted by Crippen LogP contribution is 2.48. The Morgan fingerprint density at radius 1 is 1.10 bits per heavy atom. The number of nitrogens with zero attached hydrogens (tertiary/aromatic N) is 2. The van der Waals surface area contributed by atoms with Crippen molar-refractivity contribution in [3.63, 3.8) is 0 Å². The fraction of sp³-hybridized carbons (Fsp3) is 0.529. The lowest BCUT2D eigenvalue weighted by Gasteiger charge is -2.22. The van der Waals surface area contributed by atoms with Crippen LogP contribution in [-0.4, -0.2) is 16.5 Å². The van der Waals surface area contributed by atoms with Crippen molar-refractivity contribution in [2.45, 2.75) is 32.6 Å². The maximum atomic E-state index is 4.72. The summed E-state index contributed by atoms with van der Waals surface area (Å²) in [6, 6.07) is 8.09. The maximum Gasteiger partial charge on any atom is 0.148 e. The molecule has 20 heavy (non-hydrogen) atoms. The highest BCUT2D eigenvalue weighted by molar-refractivity contribution is 5.76. The lowest BCUT2D eigenvalue weighted by Crippen LogP contribution is -2.21. The van der Waals surface area contributed by atoms with Crippen molar-refractivity contribution in [1.29, 1.82) is 0 Å². The summed E-state index contributed by atoms with van der Waals surface area (Å²) >= 11 is 0. The highest BCUT2D eigenvalue weighted by atomic mass is 15.0. The van der Waals surface area contributed by atoms with E-state index in [-0.39, 0.29) is 0 Å². The van der Waals surface area contributed by atoms with Crippen LogP contribution in [0.5, 0.6) is 0 Å². The van der Waals surface area contributed by atoms with E-state index < -0.39 is 0 Å². The fourth-order valence-corrected chi connectivity index (χ4v) is 4.11. The second kappa shape index (κ2) is 4.72. The van der Waals surface area contributed by atoms with Crippen LogP contribution in [-0.2, 0) is 0 Å². The first-order valence-electron chi connectivity index (χ1n) is 7.77. The molecule has 2 fully saturated rings. The third-order valence-electron chi connectivity index (χ3n) is 5.16. The molecule has 0 radical (unpaired) electrons. The van der Waals surface area contributed by atoms with Gasteiger partial charge in [-0.05, 0) is 56.1 Å². The van der Waals surface area contributed by atoms with Crippen LogP contribution in [0.1, 0.15) is 31.4 Å². The van der Waals surface area contributed by atoms with Gasteiger partial charge in [-0.1, -0.05) is 18.6 Å². The molecule has 2 aliphatic carbocycles. The van der Waals surface area contributed by atoms with E-state index in [9.17, 15) is 0 Å². The summed E-state index contributed by atoms with van der Waals surface area (Å²) in [5.74, 6) is 3.78. The van der Waals surface area contributed by atoms with Crippen molar-refractivity contribution in [2.75, 3.05) is 11.9 Å². The van der Waals surface area contributed by atoms with Crippen LogP contribution in [0.25, 0.3) is 11.0 Å². The zero-order valence-electron chi connectivity index (χ0n) is 12.0. The minimum Gasteiger partial charge on any atom is -0.368 e. The molecule has 2 saturated carbocycles. The van der Waals surface area contributed by atoms with Gasteiger partial charge in [0.15, 0.2) is 0 Å². The lowest BCUT2D eigenvalue weighted by molar-refractivity contribution is 0.348. The molecule has 3 atom stereocenters. The molecule has 104 valence electrons. The molecule has 4 rings (SSSR count). The van der Waals surface area contributed by atoms with E-state index in [0.717, 1.165) is 46.8 Å². The SMILES string of the molecule is Cc1nc2ccccc2nc1NCC1CC2CCC1C2. The van der Waals surface area contributed by atoms with Crippen molar-refractivity contribution >= 4 is 16.9 Å². The topological polar surface area (TPSA) is 37.8 Å². The summed E-state index contributed by atoms with van der Waals surface area (Å²) in [6.45, 7) is 3.11. The number of aryl methyl sites for hydroxylation is 1. The van der Waals surface area contributed by atoms with E-state index in [4.69, 9.17) is 4.98 Å². The Balaban J connectivity index is 1.52. The number of nitrogens with one attached hydrogen (secondary N) is 1. The fourth-order valence-electron chi connectivity index (χ4n) is 4.11. The van der Waals surface area contributed by atoms with Crippen LogP contribution in [0, 0.1) is 24.7 Å². The number of rotatable bonds is 3. The van der Waals surface area contributed by atoms with E-state index in [1.165, 1.54) is 25.7 Å². The van der Waals surface area contributed by atoms with Crippen molar-refractivity contribution in [1.82, 2.24) is 9.97 Å². The summed E-state index contributed by atoms with van der Waals surface area (Å²) in [4.78, 5) is 9.37. The van der Waals surface area contributed by atoms with Gasteiger partial charge in [0.05, 0.1) is 16.7 Å². The van der Waals surface area contributed by atoms with Crippen molar-refractivity contribution in [3.8, 4) is 0 Å². The summed E-state index contributed by atoms with van der Waals surface area (Å²) in [5.41, 5.74) is 2.97. The Bertz CT molecular complexity index is 637. The molecule has 2 aromatic rings. The Hall–Kier alpha value is -1.64. The zero-order chi connectivity index (χ0) is 13.5. The van der Waals surface area contributed by atoms with Crippen LogP contribution in [0.15, 0.2) is 24.3 Å². The number of hydrogen-bond donors (Lipinski definition) is 1. The minimum absolute atomic E-state index is 0.849. The van der Waals surface area contributed by atoms with E-state index in [1.807, 2.05) is 31.2 Å². The van der Waals surface area contributed by atoms with Crippen LogP contribution >= 0.6 is 0 Å². The summed E-state index contributed by atoms with van der Waals surface area (Å²) < 4.78 is 0. The van der Waals surface area contributed by atoms with E-state index in [2.05, 4.69) is 10.3 Å². The number of benzene rings is 1. The third kappa shape index (κ3) is 2.05. The number of aromatic nitrogens is 2. The molecule has 1 N–H and O–H groups in total. The molecule has 0 amide bonds. The molecule has 2 bridgehead atoms. The van der Waals surface area contributed by atoms with Gasteiger partial charge in [-0.25, -0.2) is 9.97 Å². The van der Waals surface area contributed by atoms with Crippen molar-refractivity contribution in [3.05, 3.63) is 30.0 Å². The zero-order valence-corrected chi connectivity index (χ0v) is 12.0. The van der Waals surface area contributed by atoms with Gasteiger partial charge in [-0.15, -0.1) is 0 Å². The number of anilines is 1. The Kier molecular flexibility index (Phi) is 2.86. The van der Waals surface area contributed by atoms with E-state index in [1.54, 1.807) is 0 Å². The number of fused-ring (bicyclic) bond motifs is 3. The molecule has 0 aliphatic heterocycles. The van der Waals surface area contributed by atoms with E-state index in [0.29, 0.717) is 0 Å². The summed E-state index contributed by atoms with van der Waals surface area (Å²) in [6.07, 6.45) is 5.79. The van der Waals surface area contributed by atoms with Crippen molar-refractivity contribution in [2.24, 2.45) is 17.8 Å². The van der Waals surface area contributed by atoms with Gasteiger partial charge < -0.3 is 5.32 Å². The second-order valence-electron chi connectivity index (χ2n) is 6.46. The molecule has 3 heteroatoms. The van der Waals surface area contributed by atoms with Crippen LogP contribution in [0.4, 0.5) is 5.82 Å². The maximum absolute atomic E-state index is 4.72. The van der Waals surface area contributed by atoms with Crippen LogP contribution < -0.4 is 5.32 Å². The predicted molar refractivity (Wildman–Crippen MR) is 81.7 cm³/mol. The van der Waals surface area contributed by atoms with E-state index >= 15 is 0 Å². The average Bonchev–Trinajstić information content (AvgIpc) is 3.07. The minimum atomic E-state index is 0.849. The molecule has 3 unspecified atom stereocenters. The summed E-state index contributed by atoms with van der Waals surface area (Å²) in [5, 5.41) is 3.56. The molecule has 3 nitrogen and oxygen atoms in total. The molecule has 2 aliphatic rings. The predicted octanol–water partition coefficient (Wildman–Crippen LogP) is 3.79. The first-order chi connectivity index (χ1) is 9.79. The number of hydrogen-bond acceptors (Lipinski definition) is 3. The first-order valence-corrected chi connectivity index (χ1v) is 7.77. The quantitative estimate of drug-likeness (QED) is 0.919. The van der Waals surface area contributed by atoms with Gasteiger partial charge in [0, 0.05) is 6.54 Å². The highest BCUT2D eigenvalue weighted by Gasteiger charge is 2.39. The first kappa shape index (κ1) is 12.1. The van der Waals surface area contributed by atoms with Gasteiger partial charge in [0.1, 0.15) is 5.82 Å². The van der Waals surface area contributed by atoms with Crippen LogP contribution in [0.3, 0.4) is 0 Å². The van der Waals surface area contributed by atoms with Gasteiger partial charge in [0.2, 0.25) is 0 Å². The van der Waals surface area contributed by atoms with Crippen LogP contribution in [0.2, 0.25) is 0 Å². The van der Waals surface area contributed by atoms with Gasteiger partial charge in [-0.2, -0.15) is 0 Å². The monoisotopic (exact) mass is 267 g/mol. The molecular weight excluding hydrogens is 246 g/mol. The smallest absolute Gasteiger partial charge is 0.148 e. The van der Waals surface area contributed by atoms with Gasteiger partial charge in [0.25, 0.3) is 0 Å². The third-order valence-corrected chi connectivity index (χ3v) is 5.16. The Morgan fingerprint density at radius 2 is 1.90 bits per heavy atom. The largest absolute Gasteiger partial charge is 0.368 e. The van der Waals surface area contributed by atoms with Gasteiger partial charge >= 0.3 is 0 Å². The Morgan fingerprint density at radius 3 is 2.60 bits per heavy atom. The molecule has 1 aromatic carbocycles. The Labute approximate surface area is 119 Å². The molecular formula is C17H21N3.